The number of hydrogen-bond donors (Lipinski definition) is 2. The van der Waals surface area contributed by atoms with Gasteiger partial charge in [0.25, 0.3) is 0 Å². The molecule has 0 aliphatic carbocycles. The molecule has 2 atom stereocenters. The number of urea groups is 1. The monoisotopic (exact) mass is 600 g/mol. The van der Waals surface area contributed by atoms with E-state index in [0.29, 0.717) is 25.8 Å². The minimum Gasteiger partial charge on any atom is -0.445 e. The minimum atomic E-state index is -0.804. The number of amides is 5. The fourth-order valence-electron chi connectivity index (χ4n) is 5.56. The minimum absolute atomic E-state index is 0.0538. The number of nitrogens with zero attached hydrogens (tertiary/aromatic N) is 4. The summed E-state index contributed by atoms with van der Waals surface area (Å²) < 4.78 is 4.95. The normalized spacial score (nSPS) is 18.3. The number of aryl methyl sites for hydroxylation is 1. The van der Waals surface area contributed by atoms with Crippen molar-refractivity contribution in [3.63, 3.8) is 0 Å². The molecule has 11 nitrogen and oxygen atoms in total. The smallest absolute Gasteiger partial charge is 0.407 e. The molecule has 0 bridgehead atoms. The second-order valence-corrected chi connectivity index (χ2v) is 10.6. The van der Waals surface area contributed by atoms with E-state index in [2.05, 4.69) is 23.1 Å². The van der Waals surface area contributed by atoms with Crippen LogP contribution >= 0.6 is 0 Å². The molecule has 44 heavy (non-hydrogen) atoms. The largest absolute Gasteiger partial charge is 0.445 e. The van der Waals surface area contributed by atoms with Crippen molar-refractivity contribution in [3.8, 4) is 12.3 Å². The standard InChI is InChI=1S/C33H40N6O5/c1-3-20-37-25-30(40)38-28(18-11-19-34-33(43)44-22-4-2)31(41)36(21-12-17-26-13-7-5-8-14-26)24-29(38)39(37)32(42)35-23-27-15-9-6-10-16-27/h1,4-10,13-16,28-29H,2,11-12,17-25H2,(H,34,43)(H,35,42)/t28-,29-/m0/s1. The van der Waals surface area contributed by atoms with Crippen molar-refractivity contribution in [3.05, 3.63) is 84.4 Å². The number of nitrogens with one attached hydrogen (secondary N) is 2. The molecule has 4 rings (SSSR count). The van der Waals surface area contributed by atoms with Gasteiger partial charge in [-0.05, 0) is 36.8 Å². The highest BCUT2D eigenvalue weighted by Gasteiger charge is 2.50. The average molecular weight is 601 g/mol. The zero-order valence-electron chi connectivity index (χ0n) is 24.9. The van der Waals surface area contributed by atoms with Crippen LogP contribution in [-0.4, -0.2) is 95.3 Å². The first-order chi connectivity index (χ1) is 21.4. The van der Waals surface area contributed by atoms with Gasteiger partial charge < -0.3 is 25.2 Å². The molecule has 2 aliphatic heterocycles. The van der Waals surface area contributed by atoms with Gasteiger partial charge in [-0.1, -0.05) is 79.2 Å². The first-order valence-electron chi connectivity index (χ1n) is 14.9. The summed E-state index contributed by atoms with van der Waals surface area (Å²) in [4.78, 5) is 56.3. The van der Waals surface area contributed by atoms with Crippen molar-refractivity contribution in [2.45, 2.75) is 44.4 Å². The predicted molar refractivity (Wildman–Crippen MR) is 165 cm³/mol. The van der Waals surface area contributed by atoms with Crippen LogP contribution in [0, 0.1) is 12.3 Å². The van der Waals surface area contributed by atoms with Gasteiger partial charge in [0.1, 0.15) is 18.8 Å². The topological polar surface area (TPSA) is 115 Å². The lowest BCUT2D eigenvalue weighted by Crippen LogP contribution is -2.76. The van der Waals surface area contributed by atoms with Crippen molar-refractivity contribution in [2.75, 3.05) is 39.3 Å². The Hall–Kier alpha value is -4.82. The Morgan fingerprint density at radius 1 is 1.02 bits per heavy atom. The molecule has 0 spiro atoms. The Bertz CT molecular complexity index is 1330. The van der Waals surface area contributed by atoms with Crippen molar-refractivity contribution < 1.29 is 23.9 Å². The Kier molecular flexibility index (Phi) is 11.8. The molecular weight excluding hydrogens is 560 g/mol. The van der Waals surface area contributed by atoms with E-state index in [0.717, 1.165) is 12.0 Å². The summed E-state index contributed by atoms with van der Waals surface area (Å²) in [5.41, 5.74) is 2.09. The average Bonchev–Trinajstić information content (AvgIpc) is 3.03. The Morgan fingerprint density at radius 2 is 1.73 bits per heavy atom. The van der Waals surface area contributed by atoms with Crippen LogP contribution in [-0.2, 0) is 27.3 Å². The highest BCUT2D eigenvalue weighted by atomic mass is 16.5. The van der Waals surface area contributed by atoms with Crippen LogP contribution in [0.1, 0.15) is 30.4 Å². The van der Waals surface area contributed by atoms with Crippen LogP contribution in [0.3, 0.4) is 0 Å². The van der Waals surface area contributed by atoms with E-state index < -0.39 is 24.3 Å². The number of alkyl carbamates (subject to hydrolysis) is 1. The van der Waals surface area contributed by atoms with Gasteiger partial charge in [0.05, 0.1) is 19.6 Å². The lowest BCUT2D eigenvalue weighted by atomic mass is 10.0. The first-order valence-corrected chi connectivity index (χ1v) is 14.9. The molecule has 0 aromatic heterocycles. The molecule has 0 saturated carbocycles. The number of fused-ring (bicyclic) bond motifs is 1. The van der Waals surface area contributed by atoms with Gasteiger partial charge in [-0.25, -0.2) is 14.6 Å². The number of hydrazine groups is 1. The number of ether oxygens (including phenoxy) is 1. The predicted octanol–water partition coefficient (Wildman–Crippen LogP) is 2.75. The molecule has 232 valence electrons. The van der Waals surface area contributed by atoms with E-state index in [9.17, 15) is 19.2 Å². The molecule has 11 heteroatoms. The van der Waals surface area contributed by atoms with E-state index in [1.165, 1.54) is 21.5 Å². The molecule has 2 aromatic rings. The molecule has 2 fully saturated rings. The number of carbonyl (C=O) groups is 4. The fraction of sp³-hybridized carbons (Fsp3) is 0.394. The van der Waals surface area contributed by atoms with E-state index in [1.54, 1.807) is 9.91 Å². The summed E-state index contributed by atoms with van der Waals surface area (Å²) in [5.74, 6) is 2.10. The molecule has 0 unspecified atom stereocenters. The lowest BCUT2D eigenvalue weighted by Gasteiger charge is -2.55. The Balaban J connectivity index is 1.53. The zero-order chi connectivity index (χ0) is 31.3. The summed E-state index contributed by atoms with van der Waals surface area (Å²) in [5, 5.41) is 8.68. The Morgan fingerprint density at radius 3 is 2.41 bits per heavy atom. The number of piperazine rings is 1. The van der Waals surface area contributed by atoms with E-state index in [4.69, 9.17) is 11.2 Å². The molecule has 2 N–H and O–H groups in total. The van der Waals surface area contributed by atoms with Crippen LogP contribution in [0.25, 0.3) is 0 Å². The molecule has 0 radical (unpaired) electrons. The lowest BCUT2D eigenvalue weighted by molar-refractivity contribution is -0.189. The highest BCUT2D eigenvalue weighted by molar-refractivity contribution is 5.91. The highest BCUT2D eigenvalue weighted by Crippen LogP contribution is 2.28. The molecule has 2 aromatic carbocycles. The number of rotatable bonds is 13. The first kappa shape index (κ1) is 32.1. The van der Waals surface area contributed by atoms with Crippen LogP contribution < -0.4 is 10.6 Å². The summed E-state index contributed by atoms with van der Waals surface area (Å²) in [6.45, 7) is 4.69. The second kappa shape index (κ2) is 16.1. The van der Waals surface area contributed by atoms with Crippen molar-refractivity contribution in [1.82, 2.24) is 30.5 Å². The zero-order valence-corrected chi connectivity index (χ0v) is 24.9. The maximum absolute atomic E-state index is 13.9. The van der Waals surface area contributed by atoms with Gasteiger partial charge in [-0.15, -0.1) is 6.42 Å². The van der Waals surface area contributed by atoms with Gasteiger partial charge in [-0.3, -0.25) is 9.59 Å². The maximum atomic E-state index is 13.9. The summed E-state index contributed by atoms with van der Waals surface area (Å²) in [6, 6.07) is 18.3. The van der Waals surface area contributed by atoms with Gasteiger partial charge in [0.2, 0.25) is 11.8 Å². The van der Waals surface area contributed by atoms with E-state index in [-0.39, 0.29) is 51.1 Å². The van der Waals surface area contributed by atoms with Crippen molar-refractivity contribution in [1.29, 1.82) is 0 Å². The third kappa shape index (κ3) is 8.39. The van der Waals surface area contributed by atoms with Crippen molar-refractivity contribution in [2.24, 2.45) is 0 Å². The van der Waals surface area contributed by atoms with E-state index >= 15 is 0 Å². The number of hydrogen-bond acceptors (Lipinski definition) is 6. The Labute approximate surface area is 258 Å². The van der Waals surface area contributed by atoms with Gasteiger partial charge >= 0.3 is 12.1 Å². The number of benzene rings is 2. The molecule has 5 amide bonds. The third-order valence-electron chi connectivity index (χ3n) is 7.59. The number of carbonyl (C=O) groups excluding carboxylic acids is 4. The van der Waals surface area contributed by atoms with Gasteiger partial charge in [0.15, 0.2) is 0 Å². The van der Waals surface area contributed by atoms with E-state index in [1.807, 2.05) is 60.7 Å². The quantitative estimate of drug-likeness (QED) is 0.208. The molecular formula is C33H40N6O5. The fourth-order valence-corrected chi connectivity index (χ4v) is 5.56. The third-order valence-corrected chi connectivity index (χ3v) is 7.59. The second-order valence-electron chi connectivity index (χ2n) is 10.6. The SMILES string of the molecule is C#CCN1CC(=O)N2[C@@H](CCCNC(=O)OCC=C)C(=O)N(CCCc3ccccc3)C[C@@H]2N1C(=O)NCc1ccccc1. The summed E-state index contributed by atoms with van der Waals surface area (Å²) >= 11 is 0. The summed E-state index contributed by atoms with van der Waals surface area (Å²) in [7, 11) is 0. The van der Waals surface area contributed by atoms with Crippen LogP contribution in [0.5, 0.6) is 0 Å². The van der Waals surface area contributed by atoms with Crippen LogP contribution in [0.15, 0.2) is 73.3 Å². The molecule has 2 saturated heterocycles. The summed E-state index contributed by atoms with van der Waals surface area (Å²) in [6.07, 6.45) is 8.00. The molecule has 2 aliphatic rings. The molecule has 2 heterocycles. The van der Waals surface area contributed by atoms with Crippen LogP contribution in [0.4, 0.5) is 9.59 Å². The van der Waals surface area contributed by atoms with Gasteiger partial charge in [0, 0.05) is 19.6 Å². The number of terminal acetylenes is 1. The van der Waals surface area contributed by atoms with Crippen molar-refractivity contribution >= 4 is 23.9 Å². The van der Waals surface area contributed by atoms with Gasteiger partial charge in [-0.2, -0.15) is 5.01 Å². The maximum Gasteiger partial charge on any atom is 0.407 e. The van der Waals surface area contributed by atoms with Crippen LogP contribution in [0.2, 0.25) is 0 Å².